The van der Waals surface area contributed by atoms with Crippen LogP contribution in [-0.2, 0) is 24.5 Å². The van der Waals surface area contributed by atoms with Gasteiger partial charge in [0.05, 0.1) is 9.79 Å². The number of benzene rings is 2. The highest BCUT2D eigenvalue weighted by Crippen LogP contribution is 2.48. The topological polar surface area (TPSA) is 85.3 Å². The molecule has 7 heteroatoms. The van der Waals surface area contributed by atoms with Crippen LogP contribution in [0.2, 0.25) is 0 Å². The zero-order valence-electron chi connectivity index (χ0n) is 14.3. The van der Waals surface area contributed by atoms with Crippen LogP contribution < -0.4 is 0 Å². The maximum Gasteiger partial charge on any atom is 0.199 e. The minimum absolute atomic E-state index is 0.0410. The number of carbonyl (C=O) groups excluding carboxylic acids is 1. The molecule has 0 aromatic heterocycles. The molecule has 1 aliphatic carbocycles. The molecule has 0 amide bonds. The molecular formula is C19H20O5S2. The van der Waals surface area contributed by atoms with Crippen LogP contribution in [0.4, 0.5) is 0 Å². The molecule has 2 aromatic carbocycles. The molecule has 0 aliphatic heterocycles. The van der Waals surface area contributed by atoms with Gasteiger partial charge >= 0.3 is 0 Å². The van der Waals surface area contributed by atoms with E-state index in [2.05, 4.69) is 0 Å². The predicted octanol–water partition coefficient (Wildman–Crippen LogP) is 3.02. The maximum atomic E-state index is 13.6. The van der Waals surface area contributed by atoms with Crippen molar-refractivity contribution in [3.05, 3.63) is 60.7 Å². The molecule has 1 aliphatic rings. The Labute approximate surface area is 153 Å². The lowest BCUT2D eigenvalue weighted by Gasteiger charge is -2.40. The van der Waals surface area contributed by atoms with Crippen LogP contribution in [0, 0.1) is 5.92 Å². The number of Topliss-reactive ketones (excluding diaryl/α,β-unsaturated/α-hetero) is 1. The number of hydrogen-bond acceptors (Lipinski definition) is 5. The van der Waals surface area contributed by atoms with Crippen molar-refractivity contribution in [2.24, 2.45) is 5.92 Å². The number of ketones is 1. The van der Waals surface area contributed by atoms with Crippen molar-refractivity contribution in [2.75, 3.05) is 0 Å². The monoisotopic (exact) mass is 392 g/mol. The Balaban J connectivity index is 2.31. The largest absolute Gasteiger partial charge is 0.300 e. The molecule has 0 radical (unpaired) electrons. The number of carbonyl (C=O) groups is 1. The summed E-state index contributed by atoms with van der Waals surface area (Å²) < 4.78 is 52.2. The van der Waals surface area contributed by atoms with E-state index in [9.17, 15) is 21.6 Å². The molecule has 1 unspecified atom stereocenters. The maximum absolute atomic E-state index is 13.6. The van der Waals surface area contributed by atoms with Gasteiger partial charge in [-0.05, 0) is 36.6 Å². The Morgan fingerprint density at radius 2 is 1.23 bits per heavy atom. The van der Waals surface area contributed by atoms with Crippen molar-refractivity contribution in [3.8, 4) is 0 Å². The molecular weight excluding hydrogens is 372 g/mol. The van der Waals surface area contributed by atoms with E-state index in [-0.39, 0.29) is 34.8 Å². The minimum Gasteiger partial charge on any atom is -0.300 e. The second kappa shape index (κ2) is 6.63. The third kappa shape index (κ3) is 2.70. The Kier molecular flexibility index (Phi) is 4.79. The van der Waals surface area contributed by atoms with E-state index in [4.69, 9.17) is 0 Å². The fraction of sp³-hybridized carbons (Fsp3) is 0.316. The highest BCUT2D eigenvalue weighted by atomic mass is 32.3. The molecule has 0 heterocycles. The van der Waals surface area contributed by atoms with Gasteiger partial charge in [0.2, 0.25) is 0 Å². The van der Waals surface area contributed by atoms with Gasteiger partial charge in [-0.3, -0.25) is 4.79 Å². The first-order chi connectivity index (χ1) is 12.2. The summed E-state index contributed by atoms with van der Waals surface area (Å²) in [5.41, 5.74) is 0. The van der Waals surface area contributed by atoms with Crippen LogP contribution in [0.15, 0.2) is 70.5 Å². The van der Waals surface area contributed by atoms with E-state index >= 15 is 0 Å². The van der Waals surface area contributed by atoms with Crippen molar-refractivity contribution in [2.45, 2.75) is 40.1 Å². The zero-order valence-corrected chi connectivity index (χ0v) is 16.0. The molecule has 1 atom stereocenters. The molecule has 0 N–H and O–H groups in total. The van der Waals surface area contributed by atoms with Crippen molar-refractivity contribution in [1.82, 2.24) is 0 Å². The summed E-state index contributed by atoms with van der Waals surface area (Å²) in [6.45, 7) is 1.54. The van der Waals surface area contributed by atoms with Crippen LogP contribution in [0.5, 0.6) is 0 Å². The average Bonchev–Trinajstić information content (AvgIpc) is 2.63. The standard InChI is InChI=1S/C19H20O5S2/c1-15-14-16(20)12-13-19(15,25(21,22)17-8-4-2-5-9-17)26(23,24)18-10-6-3-7-11-18/h2-11,15H,12-14H2,1H3. The fourth-order valence-corrected chi connectivity index (χ4v) is 9.23. The summed E-state index contributed by atoms with van der Waals surface area (Å²) in [7, 11) is -8.48. The summed E-state index contributed by atoms with van der Waals surface area (Å²) in [5.74, 6) is -0.959. The van der Waals surface area contributed by atoms with Crippen LogP contribution in [0.1, 0.15) is 26.2 Å². The summed E-state index contributed by atoms with van der Waals surface area (Å²) in [5, 5.41) is 0. The Morgan fingerprint density at radius 3 is 1.62 bits per heavy atom. The summed E-state index contributed by atoms with van der Waals surface area (Å²) in [6, 6.07) is 15.2. The van der Waals surface area contributed by atoms with E-state index in [0.717, 1.165) is 0 Å². The first-order valence-corrected chi connectivity index (χ1v) is 11.3. The van der Waals surface area contributed by atoms with Crippen LogP contribution in [0.25, 0.3) is 0 Å². The quantitative estimate of drug-likeness (QED) is 0.798. The Hall–Kier alpha value is -1.99. The summed E-state index contributed by atoms with van der Waals surface area (Å²) in [4.78, 5) is 11.8. The van der Waals surface area contributed by atoms with Crippen molar-refractivity contribution in [3.63, 3.8) is 0 Å². The van der Waals surface area contributed by atoms with Crippen molar-refractivity contribution < 1.29 is 21.6 Å². The fourth-order valence-electron chi connectivity index (χ4n) is 3.70. The van der Waals surface area contributed by atoms with Crippen molar-refractivity contribution >= 4 is 25.5 Å². The minimum atomic E-state index is -4.24. The molecule has 1 saturated carbocycles. The number of sulfone groups is 2. The van der Waals surface area contributed by atoms with Crippen molar-refractivity contribution in [1.29, 1.82) is 0 Å². The third-order valence-electron chi connectivity index (χ3n) is 5.05. The van der Waals surface area contributed by atoms with E-state index in [1.165, 1.54) is 31.2 Å². The smallest absolute Gasteiger partial charge is 0.199 e. The molecule has 0 bridgehead atoms. The Morgan fingerprint density at radius 1 is 0.808 bits per heavy atom. The first kappa shape index (κ1) is 18.8. The average molecular weight is 392 g/mol. The number of rotatable bonds is 4. The molecule has 26 heavy (non-hydrogen) atoms. The van der Waals surface area contributed by atoms with Gasteiger partial charge in [0.15, 0.2) is 23.8 Å². The molecule has 5 nitrogen and oxygen atoms in total. The van der Waals surface area contributed by atoms with Crippen LogP contribution >= 0.6 is 0 Å². The first-order valence-electron chi connectivity index (χ1n) is 8.34. The van der Waals surface area contributed by atoms with Gasteiger partial charge in [-0.25, -0.2) is 16.8 Å². The molecule has 1 fully saturated rings. The molecule has 138 valence electrons. The molecule has 2 aromatic rings. The van der Waals surface area contributed by atoms with Gasteiger partial charge in [-0.2, -0.15) is 0 Å². The second-order valence-corrected chi connectivity index (χ2v) is 11.3. The summed E-state index contributed by atoms with van der Waals surface area (Å²) in [6.07, 6.45) is -0.373. The van der Waals surface area contributed by atoms with Gasteiger partial charge < -0.3 is 0 Å². The lowest BCUT2D eigenvalue weighted by molar-refractivity contribution is -0.121. The van der Waals surface area contributed by atoms with Gasteiger partial charge in [0.25, 0.3) is 0 Å². The summed E-state index contributed by atoms with van der Waals surface area (Å²) >= 11 is 0. The molecule has 0 spiro atoms. The van der Waals surface area contributed by atoms with Gasteiger partial charge in [-0.1, -0.05) is 43.3 Å². The SMILES string of the molecule is CC1CC(=O)CCC1(S(=O)(=O)c1ccccc1)S(=O)(=O)c1ccccc1. The van der Waals surface area contributed by atoms with E-state index in [1.807, 2.05) is 0 Å². The van der Waals surface area contributed by atoms with E-state index in [0.29, 0.717) is 0 Å². The highest BCUT2D eigenvalue weighted by Gasteiger charge is 2.61. The van der Waals surface area contributed by atoms with Gasteiger partial charge in [0.1, 0.15) is 5.78 Å². The molecule has 0 saturated heterocycles. The predicted molar refractivity (Wildman–Crippen MR) is 98.0 cm³/mol. The van der Waals surface area contributed by atoms with Crippen LogP contribution in [-0.4, -0.2) is 26.7 Å². The van der Waals surface area contributed by atoms with E-state index < -0.39 is 29.7 Å². The second-order valence-electron chi connectivity index (χ2n) is 6.59. The number of hydrogen-bond donors (Lipinski definition) is 0. The van der Waals surface area contributed by atoms with E-state index in [1.54, 1.807) is 36.4 Å². The third-order valence-corrected chi connectivity index (χ3v) is 11.2. The van der Waals surface area contributed by atoms with Crippen LogP contribution in [0.3, 0.4) is 0 Å². The van der Waals surface area contributed by atoms with Gasteiger partial charge in [0, 0.05) is 12.8 Å². The molecule has 3 rings (SSSR count). The Bertz CT molecular complexity index is 941. The zero-order chi connectivity index (χ0) is 19.0. The highest BCUT2D eigenvalue weighted by molar-refractivity contribution is 8.10. The lowest BCUT2D eigenvalue weighted by atomic mass is 9.88. The normalized spacial score (nSPS) is 20.7. The van der Waals surface area contributed by atoms with Gasteiger partial charge in [-0.15, -0.1) is 0 Å². The lowest BCUT2D eigenvalue weighted by Crippen LogP contribution is -2.54.